The van der Waals surface area contributed by atoms with Crippen molar-refractivity contribution in [1.82, 2.24) is 15.0 Å². The second-order valence-corrected chi connectivity index (χ2v) is 6.06. The van der Waals surface area contributed by atoms with Crippen LogP contribution in [0.1, 0.15) is 0 Å². The van der Waals surface area contributed by atoms with Crippen molar-refractivity contribution in [1.29, 1.82) is 0 Å². The van der Waals surface area contributed by atoms with Gasteiger partial charge < -0.3 is 44.4 Å². The zero-order valence-electron chi connectivity index (χ0n) is 12.6. The van der Waals surface area contributed by atoms with E-state index in [9.17, 15) is 9.60 Å². The summed E-state index contributed by atoms with van der Waals surface area (Å²) in [6.07, 6.45) is 4.94. The van der Waals surface area contributed by atoms with Crippen LogP contribution < -0.4 is 34.2 Å². The van der Waals surface area contributed by atoms with Crippen LogP contribution in [0.5, 0.6) is 11.5 Å². The van der Waals surface area contributed by atoms with Crippen LogP contribution >= 0.6 is 11.3 Å². The molecular formula is C16H11FIN4O2S-. The van der Waals surface area contributed by atoms with Gasteiger partial charge in [-0.1, -0.05) is 0 Å². The summed E-state index contributed by atoms with van der Waals surface area (Å²) >= 11 is 1.48. The lowest BCUT2D eigenvalue weighted by molar-refractivity contribution is -0.497. The topological polar surface area (TPSA) is 90.5 Å². The van der Waals surface area contributed by atoms with E-state index in [-0.39, 0.29) is 35.4 Å². The normalized spacial score (nSPS) is 10.6. The number of H-pyrrole nitrogens is 1. The molecule has 3 heterocycles. The Labute approximate surface area is 162 Å². The molecule has 0 spiro atoms. The summed E-state index contributed by atoms with van der Waals surface area (Å²) in [6, 6.07) is 7.70. The first-order chi connectivity index (χ1) is 11.7. The highest BCUT2D eigenvalue weighted by Crippen LogP contribution is 2.38. The third-order valence-corrected chi connectivity index (χ3v) is 4.62. The zero-order chi connectivity index (χ0) is 16.5. The number of hydrogen-bond acceptors (Lipinski definition) is 5. The fourth-order valence-corrected chi connectivity index (χ4v) is 3.35. The number of nitrogens with one attached hydrogen (secondary N) is 1. The minimum atomic E-state index is -0.588. The highest BCUT2D eigenvalue weighted by Gasteiger charge is 2.13. The van der Waals surface area contributed by atoms with Gasteiger partial charge in [-0.3, -0.25) is 4.98 Å². The van der Waals surface area contributed by atoms with Crippen molar-refractivity contribution in [2.75, 3.05) is 0 Å². The Morgan fingerprint density at radius 1 is 1.20 bits per heavy atom. The molecule has 9 heteroatoms. The van der Waals surface area contributed by atoms with Gasteiger partial charge in [-0.2, -0.15) is 0 Å². The van der Waals surface area contributed by atoms with Crippen LogP contribution in [0.15, 0.2) is 49.1 Å². The molecule has 6 nitrogen and oxygen atoms in total. The SMILES string of the molecule is [I-].[O-][NH2+]c1ccc(Oc2ccnc3cc(-c4cnc[nH]4)sc23)c(F)c1. The van der Waals surface area contributed by atoms with Gasteiger partial charge >= 0.3 is 0 Å². The smallest absolute Gasteiger partial charge is 0.171 e. The highest BCUT2D eigenvalue weighted by atomic mass is 127. The third kappa shape index (κ3) is 3.49. The first-order valence-electron chi connectivity index (χ1n) is 7.04. The van der Waals surface area contributed by atoms with Crippen molar-refractivity contribution >= 4 is 27.2 Å². The Morgan fingerprint density at radius 3 is 2.80 bits per heavy atom. The van der Waals surface area contributed by atoms with Crippen molar-refractivity contribution in [2.45, 2.75) is 0 Å². The van der Waals surface area contributed by atoms with Crippen molar-refractivity contribution in [3.05, 3.63) is 60.1 Å². The molecule has 0 atom stereocenters. The number of nitrogens with two attached hydrogens (primary N) is 1. The molecule has 0 unspecified atom stereocenters. The molecule has 25 heavy (non-hydrogen) atoms. The Kier molecular flexibility index (Phi) is 5.27. The fraction of sp³-hybridized carbons (Fsp3) is 0. The Balaban J connectivity index is 0.00000182. The van der Waals surface area contributed by atoms with Gasteiger partial charge in [0.2, 0.25) is 0 Å². The van der Waals surface area contributed by atoms with Gasteiger partial charge in [-0.25, -0.2) is 9.37 Å². The van der Waals surface area contributed by atoms with Crippen molar-refractivity contribution in [2.24, 2.45) is 0 Å². The molecule has 0 aliphatic rings. The number of halogens is 2. The molecule has 0 radical (unpaired) electrons. The second kappa shape index (κ2) is 7.44. The summed E-state index contributed by atoms with van der Waals surface area (Å²) in [5, 5.41) is 10.7. The average molecular weight is 469 g/mol. The molecule has 128 valence electrons. The van der Waals surface area contributed by atoms with Crippen molar-refractivity contribution in [3.63, 3.8) is 0 Å². The molecule has 4 rings (SSSR count). The monoisotopic (exact) mass is 469 g/mol. The number of aromatic nitrogens is 3. The van der Waals surface area contributed by atoms with E-state index in [4.69, 9.17) is 4.74 Å². The molecule has 4 aromatic rings. The van der Waals surface area contributed by atoms with Gasteiger partial charge in [0.25, 0.3) is 0 Å². The van der Waals surface area contributed by atoms with Crippen molar-refractivity contribution < 1.29 is 38.6 Å². The van der Waals surface area contributed by atoms with E-state index in [2.05, 4.69) is 15.0 Å². The van der Waals surface area contributed by atoms with Gasteiger partial charge in [0.15, 0.2) is 11.6 Å². The lowest BCUT2D eigenvalue weighted by Gasteiger charge is -2.08. The number of hydrogen-bond donors (Lipinski definition) is 2. The van der Waals surface area contributed by atoms with Crippen LogP contribution in [0.4, 0.5) is 10.1 Å². The van der Waals surface area contributed by atoms with Crippen LogP contribution in [-0.2, 0) is 0 Å². The number of rotatable bonds is 4. The molecule has 0 amide bonds. The summed E-state index contributed by atoms with van der Waals surface area (Å²) in [4.78, 5) is 12.3. The maximum absolute atomic E-state index is 14.0. The minimum Gasteiger partial charge on any atom is -1.00 e. The number of fused-ring (bicyclic) bond motifs is 1. The summed E-state index contributed by atoms with van der Waals surface area (Å²) in [5.74, 6) is -0.0204. The molecular weight excluding hydrogens is 458 g/mol. The summed E-state index contributed by atoms with van der Waals surface area (Å²) < 4.78 is 20.6. The number of pyridine rings is 1. The fourth-order valence-electron chi connectivity index (χ4n) is 2.31. The number of imidazole rings is 1. The Hall–Kier alpha value is -2.08. The molecule has 0 saturated carbocycles. The van der Waals surface area contributed by atoms with Crippen LogP contribution in [0.2, 0.25) is 0 Å². The first kappa shape index (κ1) is 17.7. The molecule has 0 bridgehead atoms. The molecule has 3 N–H and O–H groups in total. The van der Waals surface area contributed by atoms with Crippen LogP contribution in [0.25, 0.3) is 20.8 Å². The van der Waals surface area contributed by atoms with E-state index >= 15 is 0 Å². The quantitative estimate of drug-likeness (QED) is 0.256. The first-order valence-corrected chi connectivity index (χ1v) is 7.86. The van der Waals surface area contributed by atoms with Crippen LogP contribution in [0, 0.1) is 11.0 Å². The van der Waals surface area contributed by atoms with Gasteiger partial charge in [-0.05, 0) is 12.1 Å². The number of aromatic amines is 1. The number of ether oxygens (including phenoxy) is 1. The largest absolute Gasteiger partial charge is 1.00 e. The zero-order valence-corrected chi connectivity index (χ0v) is 15.5. The minimum absolute atomic E-state index is 0. The second-order valence-electron chi connectivity index (χ2n) is 5.01. The maximum Gasteiger partial charge on any atom is 0.171 e. The highest BCUT2D eigenvalue weighted by molar-refractivity contribution is 7.22. The predicted octanol–water partition coefficient (Wildman–Crippen LogP) is 0.315. The molecule has 3 aromatic heterocycles. The Bertz CT molecular complexity index is 1010. The maximum atomic E-state index is 14.0. The summed E-state index contributed by atoms with van der Waals surface area (Å²) in [6.45, 7) is 0. The van der Waals surface area contributed by atoms with Gasteiger partial charge in [0.05, 0.1) is 33.3 Å². The number of benzene rings is 1. The third-order valence-electron chi connectivity index (χ3n) is 3.45. The average Bonchev–Trinajstić information content (AvgIpc) is 3.25. The lowest BCUT2D eigenvalue weighted by Crippen LogP contribution is -3.00. The molecule has 1 aromatic carbocycles. The van der Waals surface area contributed by atoms with Crippen molar-refractivity contribution in [3.8, 4) is 22.1 Å². The van der Waals surface area contributed by atoms with E-state index in [1.165, 1.54) is 23.5 Å². The number of nitrogens with zero attached hydrogens (tertiary/aromatic N) is 2. The van der Waals surface area contributed by atoms with Gasteiger partial charge in [0.1, 0.15) is 11.4 Å². The van der Waals surface area contributed by atoms with Gasteiger partial charge in [-0.15, -0.1) is 11.3 Å². The molecule has 0 aliphatic carbocycles. The van der Waals surface area contributed by atoms with E-state index in [0.717, 1.165) is 26.9 Å². The van der Waals surface area contributed by atoms with E-state index in [0.29, 0.717) is 11.2 Å². The summed E-state index contributed by atoms with van der Waals surface area (Å²) in [7, 11) is 0. The van der Waals surface area contributed by atoms with E-state index in [1.807, 2.05) is 6.07 Å². The standard InChI is InChI=1S/C16H11FN4O2S.HI/c17-10-5-9(21-22)1-2-13(10)23-14-3-4-19-11-6-15(24-16(11)14)12-7-18-8-20-12;/h1-8H,21H2,(H,18,20);1H/p-1. The van der Waals surface area contributed by atoms with E-state index < -0.39 is 5.82 Å². The number of quaternary nitrogens is 1. The molecule has 0 aliphatic heterocycles. The van der Waals surface area contributed by atoms with Crippen LogP contribution in [0.3, 0.4) is 0 Å². The predicted molar refractivity (Wildman–Crippen MR) is 88.6 cm³/mol. The Morgan fingerprint density at radius 2 is 2.08 bits per heavy atom. The lowest BCUT2D eigenvalue weighted by atomic mass is 10.3. The summed E-state index contributed by atoms with van der Waals surface area (Å²) in [5.41, 5.74) is 2.49. The molecule has 0 fully saturated rings. The van der Waals surface area contributed by atoms with E-state index in [1.54, 1.807) is 24.8 Å². The number of thiophene rings is 1. The molecule has 0 saturated heterocycles. The van der Waals surface area contributed by atoms with Gasteiger partial charge in [0, 0.05) is 24.4 Å². The van der Waals surface area contributed by atoms with Crippen LogP contribution in [-0.4, -0.2) is 15.0 Å².